The average Bonchev–Trinajstić information content (AvgIpc) is 3.27. The van der Waals surface area contributed by atoms with E-state index in [9.17, 15) is 13.6 Å². The van der Waals surface area contributed by atoms with Crippen molar-refractivity contribution in [2.45, 2.75) is 46.6 Å². The molecule has 2 atom stereocenters. The van der Waals surface area contributed by atoms with Gasteiger partial charge in [-0.3, -0.25) is 4.79 Å². The maximum absolute atomic E-state index is 13.1. The molecule has 2 unspecified atom stereocenters. The lowest BCUT2D eigenvalue weighted by molar-refractivity contribution is 0.0644. The number of nitrogens with zero attached hydrogens (tertiary/aromatic N) is 5. The summed E-state index contributed by atoms with van der Waals surface area (Å²) in [7, 11) is 0. The molecule has 2 aromatic heterocycles. The van der Waals surface area contributed by atoms with E-state index in [0.717, 1.165) is 25.2 Å². The molecule has 33 heavy (non-hydrogen) atoms. The average molecular weight is 460 g/mol. The van der Waals surface area contributed by atoms with Gasteiger partial charge in [0.1, 0.15) is 11.4 Å². The van der Waals surface area contributed by atoms with Gasteiger partial charge in [0.2, 0.25) is 5.88 Å². The summed E-state index contributed by atoms with van der Waals surface area (Å²) in [5, 5.41) is 9.17. The first-order valence-electron chi connectivity index (χ1n) is 10.8. The third-order valence-corrected chi connectivity index (χ3v) is 5.67. The molecule has 1 amide bonds. The number of anilines is 1. The molecule has 0 N–H and O–H groups in total. The Balaban J connectivity index is 0.00000125. The smallest absolute Gasteiger partial charge is 0.272 e. The largest absolute Gasteiger partial charge is 0.471 e. The summed E-state index contributed by atoms with van der Waals surface area (Å²) in [6, 6.07) is 8.79. The number of likely N-dealkylation sites (tertiary alicyclic amines) is 1. The third kappa shape index (κ3) is 5.95. The number of rotatable bonds is 5. The van der Waals surface area contributed by atoms with Crippen LogP contribution in [0.2, 0.25) is 0 Å². The highest BCUT2D eigenvalue weighted by Gasteiger charge is 2.40. The summed E-state index contributed by atoms with van der Waals surface area (Å²) in [5.41, 5.74) is 0.731. The summed E-state index contributed by atoms with van der Waals surface area (Å²) in [4.78, 5) is 25.4. The van der Waals surface area contributed by atoms with Crippen LogP contribution in [0, 0.1) is 17.2 Å². The number of hydrogen-bond acceptors (Lipinski definition) is 6. The molecule has 0 aromatic carbocycles. The SMILES string of the molecule is C.CC.N#Cc1ccnc(N2CCC3CCN(C(=O)c4cccnc4OCC(F)F)CC32)c1. The van der Waals surface area contributed by atoms with Crippen LogP contribution in [-0.4, -0.2) is 59.5 Å². The Morgan fingerprint density at radius 1 is 1.24 bits per heavy atom. The summed E-state index contributed by atoms with van der Waals surface area (Å²) in [5.74, 6) is 0.816. The highest BCUT2D eigenvalue weighted by atomic mass is 19.3. The number of fused-ring (bicyclic) bond motifs is 1. The molecule has 2 saturated heterocycles. The first-order chi connectivity index (χ1) is 15.6. The van der Waals surface area contributed by atoms with Gasteiger partial charge in [0.25, 0.3) is 12.3 Å². The first kappa shape index (κ1) is 26.0. The van der Waals surface area contributed by atoms with Gasteiger partial charge in [0.05, 0.1) is 17.7 Å². The Hall–Kier alpha value is -3.28. The van der Waals surface area contributed by atoms with Crippen molar-refractivity contribution in [3.05, 3.63) is 47.8 Å². The molecule has 2 aliphatic rings. The molecule has 0 radical (unpaired) electrons. The molecular weight excluding hydrogens is 428 g/mol. The number of nitriles is 1. The summed E-state index contributed by atoms with van der Waals surface area (Å²) < 4.78 is 30.1. The normalized spacial score (nSPS) is 19.0. The predicted molar refractivity (Wildman–Crippen MR) is 123 cm³/mol. The van der Waals surface area contributed by atoms with Gasteiger partial charge in [-0.05, 0) is 43.0 Å². The van der Waals surface area contributed by atoms with Crippen molar-refractivity contribution in [2.75, 3.05) is 31.1 Å². The number of carbonyl (C=O) groups excluding carboxylic acids is 1. The van der Waals surface area contributed by atoms with Gasteiger partial charge >= 0.3 is 0 Å². The molecule has 178 valence electrons. The molecule has 2 aromatic rings. The number of pyridine rings is 2. The van der Waals surface area contributed by atoms with Crippen LogP contribution >= 0.6 is 0 Å². The van der Waals surface area contributed by atoms with E-state index in [1.165, 1.54) is 6.20 Å². The second-order valence-corrected chi connectivity index (χ2v) is 7.42. The van der Waals surface area contributed by atoms with Crippen molar-refractivity contribution in [2.24, 2.45) is 5.92 Å². The van der Waals surface area contributed by atoms with Gasteiger partial charge in [0, 0.05) is 32.0 Å². The van der Waals surface area contributed by atoms with E-state index < -0.39 is 13.0 Å². The molecule has 2 aliphatic heterocycles. The second kappa shape index (κ2) is 12.1. The Labute approximate surface area is 194 Å². The molecule has 9 heteroatoms. The van der Waals surface area contributed by atoms with E-state index in [-0.39, 0.29) is 30.8 Å². The molecule has 4 rings (SSSR count). The molecule has 0 bridgehead atoms. The van der Waals surface area contributed by atoms with Crippen molar-refractivity contribution in [3.63, 3.8) is 0 Å². The zero-order valence-electron chi connectivity index (χ0n) is 18.2. The van der Waals surface area contributed by atoms with Gasteiger partial charge in [-0.2, -0.15) is 5.26 Å². The fourth-order valence-electron chi connectivity index (χ4n) is 4.24. The molecular formula is C24H31F2N5O2. The predicted octanol–water partition coefficient (Wildman–Crippen LogP) is 4.40. The van der Waals surface area contributed by atoms with Crippen LogP contribution in [0.25, 0.3) is 0 Å². The van der Waals surface area contributed by atoms with E-state index in [1.807, 2.05) is 13.8 Å². The summed E-state index contributed by atoms with van der Waals surface area (Å²) >= 11 is 0. The standard InChI is InChI=1S/C21H21F2N5O2.C2H6.CH4/c22-18(23)13-30-20-16(2-1-6-26-20)21(29)27-8-4-15-5-9-28(17(15)12-27)19-10-14(11-24)3-7-25-19;1-2;/h1-3,6-7,10,15,17-18H,4-5,8-9,12-13H2;1-2H3;1H4. The summed E-state index contributed by atoms with van der Waals surface area (Å²) in [6.07, 6.45) is 2.24. The fraction of sp³-hybridized carbons (Fsp3) is 0.500. The molecule has 0 aliphatic carbocycles. The number of aromatic nitrogens is 2. The highest BCUT2D eigenvalue weighted by Crippen LogP contribution is 2.35. The van der Waals surface area contributed by atoms with E-state index in [0.29, 0.717) is 24.6 Å². The summed E-state index contributed by atoms with van der Waals surface area (Å²) in [6.45, 7) is 5.08. The Kier molecular flexibility index (Phi) is 9.52. The van der Waals surface area contributed by atoms with E-state index in [2.05, 4.69) is 20.9 Å². The van der Waals surface area contributed by atoms with Gasteiger partial charge in [-0.1, -0.05) is 21.3 Å². The molecule has 2 fully saturated rings. The van der Waals surface area contributed by atoms with Gasteiger partial charge in [-0.25, -0.2) is 18.7 Å². The maximum Gasteiger partial charge on any atom is 0.272 e. The Bertz CT molecular complexity index is 966. The Morgan fingerprint density at radius 3 is 2.73 bits per heavy atom. The van der Waals surface area contributed by atoms with Crippen LogP contribution in [0.5, 0.6) is 5.88 Å². The fourth-order valence-corrected chi connectivity index (χ4v) is 4.24. The zero-order valence-corrected chi connectivity index (χ0v) is 18.2. The number of ether oxygens (including phenoxy) is 1. The molecule has 7 nitrogen and oxygen atoms in total. The lowest BCUT2D eigenvalue weighted by Crippen LogP contribution is -2.50. The van der Waals surface area contributed by atoms with Gasteiger partial charge < -0.3 is 14.5 Å². The number of halogens is 2. The van der Waals surface area contributed by atoms with Crippen molar-refractivity contribution in [1.82, 2.24) is 14.9 Å². The number of hydrogen-bond donors (Lipinski definition) is 0. The van der Waals surface area contributed by atoms with E-state index in [4.69, 9.17) is 10.00 Å². The van der Waals surface area contributed by atoms with Crippen LogP contribution in [-0.2, 0) is 0 Å². The number of piperidine rings is 1. The van der Waals surface area contributed by atoms with E-state index >= 15 is 0 Å². The van der Waals surface area contributed by atoms with Crippen LogP contribution in [0.3, 0.4) is 0 Å². The van der Waals surface area contributed by atoms with Crippen LogP contribution in [0.1, 0.15) is 50.0 Å². The topological polar surface area (TPSA) is 82.4 Å². The van der Waals surface area contributed by atoms with E-state index in [1.54, 1.807) is 35.4 Å². The third-order valence-electron chi connectivity index (χ3n) is 5.67. The second-order valence-electron chi connectivity index (χ2n) is 7.42. The molecule has 0 spiro atoms. The van der Waals surface area contributed by atoms with Crippen molar-refractivity contribution in [1.29, 1.82) is 5.26 Å². The minimum atomic E-state index is -2.64. The van der Waals surface area contributed by atoms with Crippen LogP contribution < -0.4 is 9.64 Å². The minimum absolute atomic E-state index is 0. The van der Waals surface area contributed by atoms with Crippen molar-refractivity contribution in [3.8, 4) is 11.9 Å². The zero-order chi connectivity index (χ0) is 23.1. The quantitative estimate of drug-likeness (QED) is 0.659. The first-order valence-corrected chi connectivity index (χ1v) is 10.8. The van der Waals surface area contributed by atoms with Crippen LogP contribution in [0.15, 0.2) is 36.7 Å². The maximum atomic E-state index is 13.1. The van der Waals surface area contributed by atoms with Crippen molar-refractivity contribution < 1.29 is 18.3 Å². The van der Waals surface area contributed by atoms with Crippen molar-refractivity contribution >= 4 is 11.7 Å². The molecule has 0 saturated carbocycles. The number of carbonyl (C=O) groups is 1. The Morgan fingerprint density at radius 2 is 2.00 bits per heavy atom. The number of alkyl halides is 2. The van der Waals surface area contributed by atoms with Crippen LogP contribution in [0.4, 0.5) is 14.6 Å². The van der Waals surface area contributed by atoms with Gasteiger partial charge in [0.15, 0.2) is 6.61 Å². The minimum Gasteiger partial charge on any atom is -0.471 e. The molecule has 4 heterocycles. The monoisotopic (exact) mass is 459 g/mol. The lowest BCUT2D eigenvalue weighted by atomic mass is 9.91. The lowest BCUT2D eigenvalue weighted by Gasteiger charge is -2.39. The van der Waals surface area contributed by atoms with Gasteiger partial charge in [-0.15, -0.1) is 0 Å². The highest BCUT2D eigenvalue weighted by molar-refractivity contribution is 5.96. The number of amides is 1.